The third-order valence-electron chi connectivity index (χ3n) is 2.57. The van der Waals surface area contributed by atoms with Crippen molar-refractivity contribution in [1.29, 1.82) is 0 Å². The van der Waals surface area contributed by atoms with Gasteiger partial charge in [-0.3, -0.25) is 9.98 Å². The van der Waals surface area contributed by atoms with Gasteiger partial charge in [-0.15, -0.1) is 0 Å². The van der Waals surface area contributed by atoms with Crippen LogP contribution in [0.5, 0.6) is 0 Å². The highest BCUT2D eigenvalue weighted by Gasteiger charge is 1.91. The number of benzene rings is 2. The maximum absolute atomic E-state index is 4.39. The van der Waals surface area contributed by atoms with Gasteiger partial charge in [0.25, 0.3) is 0 Å². The second kappa shape index (κ2) is 5.73. The normalized spacial score (nSPS) is 10.4. The van der Waals surface area contributed by atoms with Crippen LogP contribution in [0, 0.1) is 0 Å². The van der Waals surface area contributed by atoms with Gasteiger partial charge in [-0.05, 0) is 42.1 Å². The van der Waals surface area contributed by atoms with Crippen LogP contribution in [0.4, 0.5) is 11.4 Å². The number of rotatable bonds is 4. The van der Waals surface area contributed by atoms with E-state index in [-0.39, 0.29) is 0 Å². The van der Waals surface area contributed by atoms with E-state index in [4.69, 9.17) is 0 Å². The van der Waals surface area contributed by atoms with E-state index in [0.29, 0.717) is 0 Å². The minimum Gasteiger partial charge on any atom is -0.265 e. The molecule has 0 aliphatic rings. The van der Waals surface area contributed by atoms with Crippen molar-refractivity contribution >= 4 is 30.4 Å². The van der Waals surface area contributed by atoms with Crippen LogP contribution in [0.2, 0.25) is 0 Å². The highest BCUT2D eigenvalue weighted by molar-refractivity contribution is 5.82. The molecule has 0 unspecified atom stereocenters. The predicted octanol–water partition coefficient (Wildman–Crippen LogP) is 4.41. The van der Waals surface area contributed by atoms with Crippen molar-refractivity contribution in [3.8, 4) is 0 Å². The van der Waals surface area contributed by atoms with Gasteiger partial charge in [0.05, 0.1) is 11.4 Å². The lowest BCUT2D eigenvalue weighted by atomic mass is 10.1. The second-order valence-corrected chi connectivity index (χ2v) is 3.80. The average molecular weight is 234 g/mol. The van der Waals surface area contributed by atoms with Crippen LogP contribution < -0.4 is 0 Å². The molecule has 2 rings (SSSR count). The van der Waals surface area contributed by atoms with Crippen molar-refractivity contribution in [3.63, 3.8) is 0 Å². The molecule has 0 N–H and O–H groups in total. The predicted molar refractivity (Wildman–Crippen MR) is 79.4 cm³/mol. The van der Waals surface area contributed by atoms with Gasteiger partial charge in [-0.25, -0.2) is 0 Å². The zero-order valence-corrected chi connectivity index (χ0v) is 10.1. The maximum Gasteiger partial charge on any atom is 0.0631 e. The van der Waals surface area contributed by atoms with E-state index in [1.807, 2.05) is 60.8 Å². The fourth-order valence-electron chi connectivity index (χ4n) is 1.51. The number of nitrogens with zero attached hydrogens (tertiary/aromatic N) is 2. The summed E-state index contributed by atoms with van der Waals surface area (Å²) in [6.45, 7) is 7.20. The molecule has 0 saturated heterocycles. The summed E-state index contributed by atoms with van der Waals surface area (Å²) in [6.07, 6.45) is 3.66. The highest BCUT2D eigenvalue weighted by Crippen LogP contribution is 2.17. The SMILES string of the molecule is C=Cc1ccc(C=Nc2ccc(N=C)cc2)cc1. The molecule has 88 valence electrons. The lowest BCUT2D eigenvalue weighted by molar-refractivity contribution is 1.49. The first-order chi connectivity index (χ1) is 8.81. The van der Waals surface area contributed by atoms with Gasteiger partial charge in [0.1, 0.15) is 0 Å². The Balaban J connectivity index is 2.13. The van der Waals surface area contributed by atoms with E-state index in [9.17, 15) is 0 Å². The number of hydrogen-bond acceptors (Lipinski definition) is 2. The van der Waals surface area contributed by atoms with Crippen molar-refractivity contribution in [2.75, 3.05) is 0 Å². The minimum atomic E-state index is 0.851. The van der Waals surface area contributed by atoms with Gasteiger partial charge in [0.2, 0.25) is 0 Å². The summed E-state index contributed by atoms with van der Waals surface area (Å²) < 4.78 is 0. The molecule has 2 nitrogen and oxygen atoms in total. The van der Waals surface area contributed by atoms with Crippen molar-refractivity contribution < 1.29 is 0 Å². The fourth-order valence-corrected chi connectivity index (χ4v) is 1.51. The maximum atomic E-state index is 4.39. The van der Waals surface area contributed by atoms with Crippen LogP contribution >= 0.6 is 0 Å². The van der Waals surface area contributed by atoms with Gasteiger partial charge in [0, 0.05) is 6.21 Å². The van der Waals surface area contributed by atoms with Crippen LogP contribution in [-0.4, -0.2) is 12.9 Å². The molecule has 0 saturated carbocycles. The van der Waals surface area contributed by atoms with E-state index in [1.165, 1.54) is 0 Å². The van der Waals surface area contributed by atoms with E-state index < -0.39 is 0 Å². The fraction of sp³-hybridized carbons (Fsp3) is 0. The molecule has 18 heavy (non-hydrogen) atoms. The van der Waals surface area contributed by atoms with Crippen molar-refractivity contribution in [2.24, 2.45) is 9.98 Å². The van der Waals surface area contributed by atoms with E-state index >= 15 is 0 Å². The van der Waals surface area contributed by atoms with E-state index in [0.717, 1.165) is 22.5 Å². The van der Waals surface area contributed by atoms with Crippen molar-refractivity contribution in [3.05, 3.63) is 66.2 Å². The van der Waals surface area contributed by atoms with Crippen LogP contribution in [0.15, 0.2) is 65.1 Å². The molecule has 0 radical (unpaired) electrons. The topological polar surface area (TPSA) is 24.7 Å². The minimum absolute atomic E-state index is 0.851. The molecule has 2 aromatic rings. The molecule has 0 amide bonds. The zero-order chi connectivity index (χ0) is 12.8. The zero-order valence-electron chi connectivity index (χ0n) is 10.1. The van der Waals surface area contributed by atoms with Gasteiger partial charge in [0.15, 0.2) is 0 Å². The molecule has 0 aliphatic heterocycles. The van der Waals surface area contributed by atoms with Crippen LogP contribution in [0.25, 0.3) is 6.08 Å². The van der Waals surface area contributed by atoms with Crippen LogP contribution in [-0.2, 0) is 0 Å². The monoisotopic (exact) mass is 234 g/mol. The molecule has 0 heterocycles. The molecule has 0 fully saturated rings. The first kappa shape index (κ1) is 12.0. The summed E-state index contributed by atoms with van der Waals surface area (Å²) in [7, 11) is 0. The smallest absolute Gasteiger partial charge is 0.0631 e. The molecule has 0 aromatic heterocycles. The third-order valence-corrected chi connectivity index (χ3v) is 2.57. The van der Waals surface area contributed by atoms with Crippen molar-refractivity contribution in [1.82, 2.24) is 0 Å². The summed E-state index contributed by atoms with van der Waals surface area (Å²) in [5, 5.41) is 0. The molecule has 2 heteroatoms. The van der Waals surface area contributed by atoms with Gasteiger partial charge >= 0.3 is 0 Å². The third kappa shape index (κ3) is 3.01. The number of hydrogen-bond donors (Lipinski definition) is 0. The summed E-state index contributed by atoms with van der Waals surface area (Å²) in [4.78, 5) is 8.23. The first-order valence-corrected chi connectivity index (χ1v) is 5.65. The van der Waals surface area contributed by atoms with Crippen LogP contribution in [0.3, 0.4) is 0 Å². The molecule has 0 aliphatic carbocycles. The summed E-state index contributed by atoms with van der Waals surface area (Å²) in [5.41, 5.74) is 3.92. The summed E-state index contributed by atoms with van der Waals surface area (Å²) in [5.74, 6) is 0. The first-order valence-electron chi connectivity index (χ1n) is 5.65. The Bertz CT molecular complexity index is 510. The Morgan fingerprint density at radius 1 is 0.778 bits per heavy atom. The number of aliphatic imine (C=N–C) groups is 2. The van der Waals surface area contributed by atoms with E-state index in [1.54, 1.807) is 0 Å². The standard InChI is InChI=1S/C16H14N2/c1-3-13-4-6-14(7-5-13)12-18-16-10-8-15(17-2)9-11-16/h3-12H,1-2H2. The lowest BCUT2D eigenvalue weighted by Gasteiger charge is -1.96. The molecular formula is C16H14N2. The Labute approximate surface area is 107 Å². The average Bonchev–Trinajstić information content (AvgIpc) is 2.46. The Hall–Kier alpha value is -2.48. The Morgan fingerprint density at radius 2 is 1.33 bits per heavy atom. The molecule has 2 aromatic carbocycles. The Morgan fingerprint density at radius 3 is 1.89 bits per heavy atom. The quantitative estimate of drug-likeness (QED) is 0.700. The van der Waals surface area contributed by atoms with Gasteiger partial charge in [-0.2, -0.15) is 0 Å². The molecule has 0 spiro atoms. The van der Waals surface area contributed by atoms with Crippen molar-refractivity contribution in [2.45, 2.75) is 0 Å². The van der Waals surface area contributed by atoms with E-state index in [2.05, 4.69) is 23.3 Å². The Kier molecular flexibility index (Phi) is 3.82. The highest BCUT2D eigenvalue weighted by atomic mass is 14.7. The summed E-state index contributed by atoms with van der Waals surface area (Å²) in [6, 6.07) is 15.7. The largest absolute Gasteiger partial charge is 0.265 e. The summed E-state index contributed by atoms with van der Waals surface area (Å²) >= 11 is 0. The van der Waals surface area contributed by atoms with Gasteiger partial charge < -0.3 is 0 Å². The molecular weight excluding hydrogens is 220 g/mol. The van der Waals surface area contributed by atoms with Crippen LogP contribution in [0.1, 0.15) is 11.1 Å². The second-order valence-electron chi connectivity index (χ2n) is 3.80. The molecule has 0 bridgehead atoms. The van der Waals surface area contributed by atoms with Gasteiger partial charge in [-0.1, -0.05) is 36.9 Å². The lowest BCUT2D eigenvalue weighted by Crippen LogP contribution is -1.80. The molecule has 0 atom stereocenters.